The number of carbonyl (C=O) groups excluding carboxylic acids is 2. The molecule has 0 aliphatic carbocycles. The van der Waals surface area contributed by atoms with Gasteiger partial charge in [-0.05, 0) is 12.5 Å². The van der Waals surface area contributed by atoms with Crippen molar-refractivity contribution in [1.82, 2.24) is 5.32 Å². The van der Waals surface area contributed by atoms with Gasteiger partial charge in [-0.15, -0.1) is 0 Å². The van der Waals surface area contributed by atoms with Gasteiger partial charge < -0.3 is 5.32 Å². The van der Waals surface area contributed by atoms with E-state index in [-0.39, 0.29) is 17.1 Å². The number of amides is 1. The second kappa shape index (κ2) is 3.57. The van der Waals surface area contributed by atoms with Crippen LogP contribution in [0.4, 0.5) is 0 Å². The first-order valence-corrected chi connectivity index (χ1v) is 4.32. The maximum atomic E-state index is 10.9. The van der Waals surface area contributed by atoms with Crippen LogP contribution in [0.5, 0.6) is 0 Å². The van der Waals surface area contributed by atoms with E-state index in [9.17, 15) is 9.59 Å². The Labute approximate surface area is 69.2 Å². The second-order valence-electron chi connectivity index (χ2n) is 2.22. The van der Waals surface area contributed by atoms with E-state index in [1.54, 1.807) is 0 Å². The van der Waals surface area contributed by atoms with Gasteiger partial charge in [0, 0.05) is 5.75 Å². The Morgan fingerprint density at radius 3 is 3.00 bits per heavy atom. The van der Waals surface area contributed by atoms with Gasteiger partial charge in [-0.3, -0.25) is 9.59 Å². The van der Waals surface area contributed by atoms with Crippen LogP contribution in [0.15, 0.2) is 12.7 Å². The molecule has 1 fully saturated rings. The molecule has 1 rings (SSSR count). The van der Waals surface area contributed by atoms with Crippen LogP contribution in [-0.4, -0.2) is 22.8 Å². The fourth-order valence-electron chi connectivity index (χ4n) is 0.858. The number of rotatable bonds is 2. The number of thioether (sulfide) groups is 1. The van der Waals surface area contributed by atoms with E-state index >= 15 is 0 Å². The summed E-state index contributed by atoms with van der Waals surface area (Å²) in [5.41, 5.74) is 0. The van der Waals surface area contributed by atoms with Gasteiger partial charge >= 0.3 is 0 Å². The minimum Gasteiger partial charge on any atom is -0.342 e. The molecule has 1 saturated heterocycles. The van der Waals surface area contributed by atoms with Crippen molar-refractivity contribution >= 4 is 22.8 Å². The molecule has 1 amide bonds. The molecular formula is C7H9NO2S. The molecule has 1 heterocycles. The SMILES string of the molecule is C=CC(=O)NC1CCSC1=O. The van der Waals surface area contributed by atoms with Crippen molar-refractivity contribution in [1.29, 1.82) is 0 Å². The predicted molar refractivity (Wildman–Crippen MR) is 44.2 cm³/mol. The zero-order valence-corrected chi connectivity index (χ0v) is 6.82. The summed E-state index contributed by atoms with van der Waals surface area (Å²) in [4.78, 5) is 21.7. The van der Waals surface area contributed by atoms with E-state index < -0.39 is 0 Å². The van der Waals surface area contributed by atoms with Crippen molar-refractivity contribution < 1.29 is 9.59 Å². The number of hydrogen-bond acceptors (Lipinski definition) is 3. The van der Waals surface area contributed by atoms with Crippen LogP contribution in [-0.2, 0) is 9.59 Å². The molecule has 11 heavy (non-hydrogen) atoms. The summed E-state index contributed by atoms with van der Waals surface area (Å²) in [6.07, 6.45) is 1.92. The quantitative estimate of drug-likeness (QED) is 0.609. The molecule has 1 aliphatic heterocycles. The summed E-state index contributed by atoms with van der Waals surface area (Å²) in [7, 11) is 0. The Morgan fingerprint density at radius 2 is 2.55 bits per heavy atom. The molecule has 1 aliphatic rings. The Morgan fingerprint density at radius 1 is 1.82 bits per heavy atom. The van der Waals surface area contributed by atoms with E-state index in [1.807, 2.05) is 0 Å². The molecule has 1 N–H and O–H groups in total. The maximum Gasteiger partial charge on any atom is 0.243 e. The molecule has 0 saturated carbocycles. The number of carbonyl (C=O) groups is 2. The summed E-state index contributed by atoms with van der Waals surface area (Å²) in [5.74, 6) is 0.534. The third-order valence-corrected chi connectivity index (χ3v) is 2.45. The lowest BCUT2D eigenvalue weighted by Gasteiger charge is -2.06. The van der Waals surface area contributed by atoms with Gasteiger partial charge in [0.2, 0.25) is 11.0 Å². The topological polar surface area (TPSA) is 46.2 Å². The highest BCUT2D eigenvalue weighted by Gasteiger charge is 2.25. The molecule has 1 unspecified atom stereocenters. The standard InChI is InChI=1S/C7H9NO2S/c1-2-6(9)8-5-3-4-11-7(5)10/h2,5H,1,3-4H2,(H,8,9). The molecule has 0 radical (unpaired) electrons. The minimum absolute atomic E-state index is 0.0557. The average Bonchev–Trinajstić information content (AvgIpc) is 2.37. The maximum absolute atomic E-state index is 10.9. The van der Waals surface area contributed by atoms with Crippen LogP contribution in [0, 0.1) is 0 Å². The van der Waals surface area contributed by atoms with Crippen LogP contribution in [0.2, 0.25) is 0 Å². The normalized spacial score (nSPS) is 23.3. The monoisotopic (exact) mass is 171 g/mol. The van der Waals surface area contributed by atoms with E-state index in [0.717, 1.165) is 12.2 Å². The van der Waals surface area contributed by atoms with Crippen molar-refractivity contribution in [3.63, 3.8) is 0 Å². The summed E-state index contributed by atoms with van der Waals surface area (Å²) >= 11 is 1.27. The van der Waals surface area contributed by atoms with Gasteiger partial charge in [0.15, 0.2) is 0 Å². The van der Waals surface area contributed by atoms with E-state index in [2.05, 4.69) is 11.9 Å². The fraction of sp³-hybridized carbons (Fsp3) is 0.429. The van der Waals surface area contributed by atoms with Gasteiger partial charge in [-0.2, -0.15) is 0 Å². The largest absolute Gasteiger partial charge is 0.342 e. The number of hydrogen-bond donors (Lipinski definition) is 1. The summed E-state index contributed by atoms with van der Waals surface area (Å²) in [6.45, 7) is 3.30. The fourth-order valence-corrected chi connectivity index (χ4v) is 1.79. The second-order valence-corrected chi connectivity index (χ2v) is 3.32. The van der Waals surface area contributed by atoms with Crippen LogP contribution >= 0.6 is 11.8 Å². The van der Waals surface area contributed by atoms with E-state index in [0.29, 0.717) is 0 Å². The Bertz CT molecular complexity index is 203. The lowest BCUT2D eigenvalue weighted by atomic mass is 10.2. The van der Waals surface area contributed by atoms with Crippen molar-refractivity contribution in [3.8, 4) is 0 Å². The Hall–Kier alpha value is -0.770. The minimum atomic E-state index is -0.287. The first-order valence-electron chi connectivity index (χ1n) is 3.33. The third kappa shape index (κ3) is 2.08. The van der Waals surface area contributed by atoms with Gasteiger partial charge in [-0.1, -0.05) is 18.3 Å². The number of nitrogens with one attached hydrogen (secondary N) is 1. The first kappa shape index (κ1) is 8.33. The van der Waals surface area contributed by atoms with Crippen molar-refractivity contribution in [3.05, 3.63) is 12.7 Å². The molecular weight excluding hydrogens is 162 g/mol. The highest BCUT2D eigenvalue weighted by Crippen LogP contribution is 2.19. The molecule has 0 spiro atoms. The van der Waals surface area contributed by atoms with Crippen molar-refractivity contribution in [2.24, 2.45) is 0 Å². The molecule has 0 aromatic heterocycles. The Kier molecular flexibility index (Phi) is 2.70. The molecule has 1 atom stereocenters. The van der Waals surface area contributed by atoms with Crippen LogP contribution in [0.25, 0.3) is 0 Å². The molecule has 0 aromatic rings. The van der Waals surface area contributed by atoms with Crippen molar-refractivity contribution in [2.75, 3.05) is 5.75 Å². The zero-order valence-electron chi connectivity index (χ0n) is 6.00. The highest BCUT2D eigenvalue weighted by molar-refractivity contribution is 8.14. The highest BCUT2D eigenvalue weighted by atomic mass is 32.2. The predicted octanol–water partition coefficient (Wildman–Crippen LogP) is 0.321. The molecule has 4 heteroatoms. The summed E-state index contributed by atoms with van der Waals surface area (Å²) in [5, 5.41) is 2.61. The molecule has 60 valence electrons. The zero-order chi connectivity index (χ0) is 8.27. The molecule has 3 nitrogen and oxygen atoms in total. The lowest BCUT2D eigenvalue weighted by Crippen LogP contribution is -2.35. The third-order valence-electron chi connectivity index (χ3n) is 1.44. The van der Waals surface area contributed by atoms with E-state index in [4.69, 9.17) is 0 Å². The van der Waals surface area contributed by atoms with Gasteiger partial charge in [0.05, 0.1) is 6.04 Å². The first-order chi connectivity index (χ1) is 5.24. The van der Waals surface area contributed by atoms with Gasteiger partial charge in [0.1, 0.15) is 0 Å². The van der Waals surface area contributed by atoms with Crippen LogP contribution in [0.3, 0.4) is 0 Å². The van der Waals surface area contributed by atoms with Crippen molar-refractivity contribution in [2.45, 2.75) is 12.5 Å². The lowest BCUT2D eigenvalue weighted by molar-refractivity contribution is -0.120. The summed E-state index contributed by atoms with van der Waals surface area (Å²) in [6, 6.07) is -0.287. The molecule has 0 aromatic carbocycles. The molecule has 0 bridgehead atoms. The van der Waals surface area contributed by atoms with Gasteiger partial charge in [-0.25, -0.2) is 0 Å². The van der Waals surface area contributed by atoms with Crippen LogP contribution in [0.1, 0.15) is 6.42 Å². The van der Waals surface area contributed by atoms with E-state index in [1.165, 1.54) is 17.8 Å². The smallest absolute Gasteiger partial charge is 0.243 e. The average molecular weight is 171 g/mol. The Balaban J connectivity index is 2.42. The summed E-state index contributed by atoms with van der Waals surface area (Å²) < 4.78 is 0. The van der Waals surface area contributed by atoms with Gasteiger partial charge in [0.25, 0.3) is 0 Å². The van der Waals surface area contributed by atoms with Crippen LogP contribution < -0.4 is 5.32 Å².